The predicted octanol–water partition coefficient (Wildman–Crippen LogP) is -0.855. The van der Waals surface area contributed by atoms with Gasteiger partial charge in [0.1, 0.15) is 11.7 Å². The highest BCUT2D eigenvalue weighted by atomic mass is 16.4. The van der Waals surface area contributed by atoms with Crippen molar-refractivity contribution in [1.82, 2.24) is 0 Å². The molecule has 0 aromatic carbocycles. The number of hydrogen-bond acceptors (Lipinski definition) is 6. The van der Waals surface area contributed by atoms with E-state index in [2.05, 4.69) is 0 Å². The van der Waals surface area contributed by atoms with Gasteiger partial charge in [0.2, 0.25) is 0 Å². The Kier molecular flexibility index (Phi) is 9.51. The van der Waals surface area contributed by atoms with Crippen LogP contribution in [-0.2, 0) is 0 Å². The van der Waals surface area contributed by atoms with Crippen LogP contribution in [0.15, 0.2) is 0 Å². The normalized spacial score (nSPS) is 19.7. The smallest absolute Gasteiger partial charge is 0.121 e. The van der Waals surface area contributed by atoms with E-state index in [-0.39, 0.29) is 25.9 Å². The van der Waals surface area contributed by atoms with Crippen LogP contribution in [-0.4, -0.2) is 67.8 Å². The molecule has 0 bridgehead atoms. The van der Waals surface area contributed by atoms with Crippen molar-refractivity contribution >= 4 is 0 Å². The second kappa shape index (κ2) is 9.63. The van der Waals surface area contributed by atoms with Crippen LogP contribution in [0, 0.1) is 0 Å². The molecule has 0 rings (SSSR count). The molecule has 0 heterocycles. The number of aliphatic hydroxyl groups is 6. The van der Waals surface area contributed by atoms with Gasteiger partial charge in [-0.1, -0.05) is 19.8 Å². The lowest BCUT2D eigenvalue weighted by Gasteiger charge is -2.38. The Hall–Kier alpha value is -0.240. The van der Waals surface area contributed by atoms with Gasteiger partial charge in [0.05, 0.1) is 12.2 Å². The van der Waals surface area contributed by atoms with Crippen molar-refractivity contribution in [3.8, 4) is 0 Å². The Morgan fingerprint density at radius 2 is 1.58 bits per heavy atom. The van der Waals surface area contributed by atoms with E-state index in [0.717, 1.165) is 0 Å². The molecule has 6 N–H and O–H groups in total. The van der Waals surface area contributed by atoms with E-state index in [9.17, 15) is 20.4 Å². The number of rotatable bonds is 11. The first kappa shape index (κ1) is 18.8. The molecule has 0 fully saturated rings. The summed E-state index contributed by atoms with van der Waals surface area (Å²) in [5.41, 5.74) is -1.91. The SMILES string of the molecule is CCC(O)C(O)C(O)(CCO)C(O)CCCCCO. The average molecular weight is 280 g/mol. The fraction of sp³-hybridized carbons (Fsp3) is 1.00. The molecule has 19 heavy (non-hydrogen) atoms. The molecule has 0 aliphatic rings. The molecule has 0 saturated carbocycles. The predicted molar refractivity (Wildman–Crippen MR) is 70.5 cm³/mol. The van der Waals surface area contributed by atoms with Crippen molar-refractivity contribution in [2.24, 2.45) is 0 Å². The Morgan fingerprint density at radius 3 is 2.05 bits per heavy atom. The van der Waals surface area contributed by atoms with Gasteiger partial charge in [-0.3, -0.25) is 0 Å². The van der Waals surface area contributed by atoms with Crippen LogP contribution in [0.1, 0.15) is 45.4 Å². The van der Waals surface area contributed by atoms with Gasteiger partial charge < -0.3 is 30.6 Å². The van der Waals surface area contributed by atoms with Crippen LogP contribution in [0.3, 0.4) is 0 Å². The summed E-state index contributed by atoms with van der Waals surface area (Å²) in [5, 5.41) is 57.5. The third-order valence-corrected chi connectivity index (χ3v) is 3.52. The van der Waals surface area contributed by atoms with E-state index in [0.29, 0.717) is 19.3 Å². The summed E-state index contributed by atoms with van der Waals surface area (Å²) in [4.78, 5) is 0. The fourth-order valence-corrected chi connectivity index (χ4v) is 2.12. The highest BCUT2D eigenvalue weighted by Crippen LogP contribution is 2.27. The first-order valence-electron chi connectivity index (χ1n) is 6.92. The Labute approximate surface area is 114 Å². The monoisotopic (exact) mass is 280 g/mol. The van der Waals surface area contributed by atoms with Crippen molar-refractivity contribution in [1.29, 1.82) is 0 Å². The Balaban J connectivity index is 4.57. The van der Waals surface area contributed by atoms with Crippen LogP contribution < -0.4 is 0 Å². The van der Waals surface area contributed by atoms with Crippen LogP contribution in [0.4, 0.5) is 0 Å². The second-order valence-electron chi connectivity index (χ2n) is 4.97. The van der Waals surface area contributed by atoms with Crippen molar-refractivity contribution in [3.05, 3.63) is 0 Å². The molecule has 4 atom stereocenters. The van der Waals surface area contributed by atoms with Crippen molar-refractivity contribution in [2.45, 2.75) is 69.4 Å². The molecule has 0 saturated heterocycles. The molecule has 0 aromatic rings. The topological polar surface area (TPSA) is 121 Å². The van der Waals surface area contributed by atoms with E-state index in [1.165, 1.54) is 0 Å². The maximum Gasteiger partial charge on any atom is 0.121 e. The van der Waals surface area contributed by atoms with Gasteiger partial charge in [0.25, 0.3) is 0 Å². The zero-order chi connectivity index (χ0) is 14.9. The third kappa shape index (κ3) is 5.72. The summed E-state index contributed by atoms with van der Waals surface area (Å²) in [5.74, 6) is 0. The summed E-state index contributed by atoms with van der Waals surface area (Å²) in [6, 6.07) is 0. The van der Waals surface area contributed by atoms with E-state index < -0.39 is 30.5 Å². The molecular formula is C13H28O6. The highest BCUT2D eigenvalue weighted by molar-refractivity contribution is 4.95. The summed E-state index contributed by atoms with van der Waals surface area (Å²) < 4.78 is 0. The summed E-state index contributed by atoms with van der Waals surface area (Å²) in [6.45, 7) is 1.34. The minimum atomic E-state index is -1.91. The van der Waals surface area contributed by atoms with Gasteiger partial charge in [-0.05, 0) is 19.3 Å². The van der Waals surface area contributed by atoms with E-state index in [1.807, 2.05) is 0 Å². The van der Waals surface area contributed by atoms with Gasteiger partial charge >= 0.3 is 0 Å². The van der Waals surface area contributed by atoms with Crippen LogP contribution >= 0.6 is 0 Å². The lowest BCUT2D eigenvalue weighted by Crippen LogP contribution is -2.57. The Bertz CT molecular complexity index is 225. The van der Waals surface area contributed by atoms with E-state index in [4.69, 9.17) is 10.2 Å². The summed E-state index contributed by atoms with van der Waals surface area (Å²) in [6.07, 6.45) is -1.69. The lowest BCUT2D eigenvalue weighted by molar-refractivity contribution is -0.186. The lowest BCUT2D eigenvalue weighted by atomic mass is 9.81. The molecule has 0 aromatic heterocycles. The maximum atomic E-state index is 10.3. The van der Waals surface area contributed by atoms with Gasteiger partial charge in [-0.25, -0.2) is 0 Å². The zero-order valence-corrected chi connectivity index (χ0v) is 11.6. The molecular weight excluding hydrogens is 252 g/mol. The van der Waals surface area contributed by atoms with E-state index in [1.54, 1.807) is 6.92 Å². The molecule has 0 aliphatic heterocycles. The fourth-order valence-electron chi connectivity index (χ4n) is 2.12. The van der Waals surface area contributed by atoms with Gasteiger partial charge in [-0.15, -0.1) is 0 Å². The maximum absolute atomic E-state index is 10.3. The van der Waals surface area contributed by atoms with Crippen LogP contribution in [0.25, 0.3) is 0 Å². The third-order valence-electron chi connectivity index (χ3n) is 3.52. The number of hydrogen-bond donors (Lipinski definition) is 6. The van der Waals surface area contributed by atoms with Gasteiger partial charge in [-0.2, -0.15) is 0 Å². The molecule has 116 valence electrons. The quantitative estimate of drug-likeness (QED) is 0.274. The zero-order valence-electron chi connectivity index (χ0n) is 11.6. The van der Waals surface area contributed by atoms with Gasteiger partial charge in [0, 0.05) is 19.6 Å². The van der Waals surface area contributed by atoms with Crippen LogP contribution in [0.2, 0.25) is 0 Å². The van der Waals surface area contributed by atoms with Gasteiger partial charge in [0.15, 0.2) is 0 Å². The molecule has 0 aliphatic carbocycles. The average Bonchev–Trinajstić information content (AvgIpc) is 2.41. The molecule has 0 amide bonds. The molecule has 6 heteroatoms. The first-order valence-corrected chi connectivity index (χ1v) is 6.92. The standard InChI is InChI=1S/C13H28O6/c1-2-10(16)12(18)13(19,7-9-15)11(17)6-4-3-5-8-14/h10-12,14-19H,2-9H2,1H3. The van der Waals surface area contributed by atoms with Crippen molar-refractivity contribution in [2.75, 3.05) is 13.2 Å². The van der Waals surface area contributed by atoms with E-state index >= 15 is 0 Å². The molecule has 0 radical (unpaired) electrons. The summed E-state index contributed by atoms with van der Waals surface area (Å²) in [7, 11) is 0. The number of aliphatic hydroxyl groups excluding tert-OH is 5. The highest BCUT2D eigenvalue weighted by Gasteiger charge is 2.44. The largest absolute Gasteiger partial charge is 0.396 e. The van der Waals surface area contributed by atoms with Crippen molar-refractivity contribution < 1.29 is 30.6 Å². The second-order valence-corrected chi connectivity index (χ2v) is 4.97. The molecule has 4 unspecified atom stereocenters. The first-order chi connectivity index (χ1) is 8.93. The molecule has 0 spiro atoms. The number of unbranched alkanes of at least 4 members (excludes halogenated alkanes) is 2. The Morgan fingerprint density at radius 1 is 0.947 bits per heavy atom. The summed E-state index contributed by atoms with van der Waals surface area (Å²) >= 11 is 0. The molecule has 6 nitrogen and oxygen atoms in total. The van der Waals surface area contributed by atoms with Crippen LogP contribution in [0.5, 0.6) is 0 Å². The minimum Gasteiger partial charge on any atom is -0.396 e. The minimum absolute atomic E-state index is 0.0776. The van der Waals surface area contributed by atoms with Crippen molar-refractivity contribution in [3.63, 3.8) is 0 Å².